The zero-order chi connectivity index (χ0) is 15.5. The number of halogens is 1. The topological polar surface area (TPSA) is 118 Å². The number of sulfonamides is 1. The molecule has 110 valence electrons. The SMILES string of the molecule is CNC(=O)C(C)NS(=O)(=O)c1cccc(F)c1[N+](=O)[O-]. The van der Waals surface area contributed by atoms with Crippen LogP contribution in [0.2, 0.25) is 0 Å². The molecule has 0 bridgehead atoms. The van der Waals surface area contributed by atoms with Crippen LogP contribution in [0.25, 0.3) is 0 Å². The summed E-state index contributed by atoms with van der Waals surface area (Å²) in [4.78, 5) is 20.1. The monoisotopic (exact) mass is 305 g/mol. The van der Waals surface area contributed by atoms with E-state index in [0.29, 0.717) is 0 Å². The van der Waals surface area contributed by atoms with E-state index in [0.717, 1.165) is 18.2 Å². The van der Waals surface area contributed by atoms with Crippen molar-refractivity contribution in [2.45, 2.75) is 17.9 Å². The second-order valence-electron chi connectivity index (χ2n) is 3.80. The maximum absolute atomic E-state index is 13.4. The molecule has 0 spiro atoms. The minimum atomic E-state index is -4.41. The molecule has 0 aromatic heterocycles. The van der Waals surface area contributed by atoms with Crippen LogP contribution in [0.4, 0.5) is 10.1 Å². The number of carbonyl (C=O) groups excluding carboxylic acids is 1. The molecule has 20 heavy (non-hydrogen) atoms. The van der Waals surface area contributed by atoms with E-state index in [2.05, 4.69) is 5.32 Å². The van der Waals surface area contributed by atoms with Gasteiger partial charge in [0.1, 0.15) is 0 Å². The predicted octanol–water partition coefficient (Wildman–Crippen LogP) is 0.147. The van der Waals surface area contributed by atoms with Gasteiger partial charge in [-0.05, 0) is 19.1 Å². The molecule has 0 fully saturated rings. The Morgan fingerprint density at radius 2 is 2.05 bits per heavy atom. The smallest absolute Gasteiger partial charge is 0.324 e. The van der Waals surface area contributed by atoms with E-state index in [9.17, 15) is 27.7 Å². The van der Waals surface area contributed by atoms with Crippen LogP contribution >= 0.6 is 0 Å². The van der Waals surface area contributed by atoms with Crippen LogP contribution in [0.15, 0.2) is 23.1 Å². The lowest BCUT2D eigenvalue weighted by Crippen LogP contribution is -2.43. The highest BCUT2D eigenvalue weighted by Gasteiger charge is 2.31. The second kappa shape index (κ2) is 5.92. The number of likely N-dealkylation sites (N-methyl/N-ethyl adjacent to an activating group) is 1. The number of rotatable bonds is 5. The van der Waals surface area contributed by atoms with Crippen molar-refractivity contribution in [3.63, 3.8) is 0 Å². The molecule has 1 atom stereocenters. The lowest BCUT2D eigenvalue weighted by atomic mass is 10.3. The molecular weight excluding hydrogens is 293 g/mol. The van der Waals surface area contributed by atoms with Crippen molar-refractivity contribution in [1.82, 2.24) is 10.0 Å². The molecule has 1 amide bonds. The number of amides is 1. The standard InChI is InChI=1S/C10H12FN3O5S/c1-6(10(15)12-2)13-20(18,19)8-5-3-4-7(11)9(8)14(16)17/h3-6,13H,1-2H3,(H,12,15). The first-order chi connectivity index (χ1) is 9.20. The fraction of sp³-hybridized carbons (Fsp3) is 0.300. The molecule has 0 aliphatic carbocycles. The summed E-state index contributed by atoms with van der Waals surface area (Å²) in [5.74, 6) is -1.90. The van der Waals surface area contributed by atoms with Crippen molar-refractivity contribution in [2.75, 3.05) is 7.05 Å². The van der Waals surface area contributed by atoms with Gasteiger partial charge < -0.3 is 5.32 Å². The molecule has 0 saturated carbocycles. The Morgan fingerprint density at radius 1 is 1.45 bits per heavy atom. The summed E-state index contributed by atoms with van der Waals surface area (Å²) in [6.45, 7) is 1.25. The van der Waals surface area contributed by atoms with Crippen molar-refractivity contribution >= 4 is 21.6 Å². The van der Waals surface area contributed by atoms with Crippen molar-refractivity contribution < 1.29 is 22.5 Å². The van der Waals surface area contributed by atoms with Gasteiger partial charge in [0.2, 0.25) is 21.7 Å². The van der Waals surface area contributed by atoms with E-state index in [4.69, 9.17) is 0 Å². The summed E-state index contributed by atoms with van der Waals surface area (Å²) in [6, 6.07) is 1.54. The van der Waals surface area contributed by atoms with E-state index in [1.807, 2.05) is 4.72 Å². The molecule has 10 heteroatoms. The van der Waals surface area contributed by atoms with Crippen LogP contribution in [0.1, 0.15) is 6.92 Å². The number of nitro groups is 1. The number of hydrogen-bond donors (Lipinski definition) is 2. The molecular formula is C10H12FN3O5S. The number of benzene rings is 1. The normalized spacial score (nSPS) is 12.8. The molecule has 1 unspecified atom stereocenters. The van der Waals surface area contributed by atoms with Crippen LogP contribution in [-0.2, 0) is 14.8 Å². The first kappa shape index (κ1) is 16.0. The number of nitrogens with one attached hydrogen (secondary N) is 2. The van der Waals surface area contributed by atoms with Crippen LogP contribution in [-0.4, -0.2) is 32.3 Å². The molecule has 0 aliphatic rings. The lowest BCUT2D eigenvalue weighted by molar-refractivity contribution is -0.390. The third-order valence-corrected chi connectivity index (χ3v) is 3.97. The summed E-state index contributed by atoms with van der Waals surface area (Å²) in [5, 5.41) is 13.0. The molecule has 0 aliphatic heterocycles. The van der Waals surface area contributed by atoms with Gasteiger partial charge in [0.05, 0.1) is 11.0 Å². The Hall–Kier alpha value is -2.07. The number of carbonyl (C=O) groups is 1. The van der Waals surface area contributed by atoms with Gasteiger partial charge in [-0.3, -0.25) is 14.9 Å². The van der Waals surface area contributed by atoms with Crippen LogP contribution in [0, 0.1) is 15.9 Å². The van der Waals surface area contributed by atoms with Gasteiger partial charge in [-0.15, -0.1) is 0 Å². The van der Waals surface area contributed by atoms with E-state index in [1.165, 1.54) is 14.0 Å². The third-order valence-electron chi connectivity index (χ3n) is 2.39. The minimum absolute atomic E-state index is 0.632. The number of hydrogen-bond acceptors (Lipinski definition) is 5. The van der Waals surface area contributed by atoms with Gasteiger partial charge in [0.15, 0.2) is 4.90 Å². The average Bonchev–Trinajstić information content (AvgIpc) is 2.36. The highest BCUT2D eigenvalue weighted by molar-refractivity contribution is 7.89. The maximum atomic E-state index is 13.4. The maximum Gasteiger partial charge on any atom is 0.324 e. The first-order valence-electron chi connectivity index (χ1n) is 5.37. The first-order valence-corrected chi connectivity index (χ1v) is 6.86. The molecule has 1 aromatic carbocycles. The van der Waals surface area contributed by atoms with E-state index in [1.54, 1.807) is 0 Å². The number of nitro benzene ring substituents is 1. The fourth-order valence-corrected chi connectivity index (χ4v) is 2.84. The zero-order valence-corrected chi connectivity index (χ0v) is 11.4. The van der Waals surface area contributed by atoms with Crippen LogP contribution < -0.4 is 10.0 Å². The highest BCUT2D eigenvalue weighted by Crippen LogP contribution is 2.26. The molecule has 0 saturated heterocycles. The van der Waals surface area contributed by atoms with Crippen molar-refractivity contribution in [1.29, 1.82) is 0 Å². The third kappa shape index (κ3) is 3.27. The highest BCUT2D eigenvalue weighted by atomic mass is 32.2. The largest absolute Gasteiger partial charge is 0.358 e. The quantitative estimate of drug-likeness (QED) is 0.593. The van der Waals surface area contributed by atoms with Gasteiger partial charge in [-0.25, -0.2) is 8.42 Å². The minimum Gasteiger partial charge on any atom is -0.358 e. The van der Waals surface area contributed by atoms with E-state index >= 15 is 0 Å². The van der Waals surface area contributed by atoms with Crippen molar-refractivity contribution in [2.24, 2.45) is 0 Å². The Balaban J connectivity index is 3.27. The second-order valence-corrected chi connectivity index (χ2v) is 5.48. The van der Waals surface area contributed by atoms with E-state index < -0.39 is 43.3 Å². The summed E-state index contributed by atoms with van der Waals surface area (Å²) in [6.07, 6.45) is 0. The zero-order valence-electron chi connectivity index (χ0n) is 10.6. The Kier molecular flexibility index (Phi) is 4.73. The summed E-state index contributed by atoms with van der Waals surface area (Å²) in [5.41, 5.74) is -1.16. The lowest BCUT2D eigenvalue weighted by Gasteiger charge is -2.12. The summed E-state index contributed by atoms with van der Waals surface area (Å²) < 4.78 is 39.3. The Labute approximate surface area is 114 Å². The number of nitrogens with zero attached hydrogens (tertiary/aromatic N) is 1. The average molecular weight is 305 g/mol. The Morgan fingerprint density at radius 3 is 2.55 bits per heavy atom. The molecule has 1 rings (SSSR count). The van der Waals surface area contributed by atoms with Gasteiger partial charge in [0.25, 0.3) is 0 Å². The van der Waals surface area contributed by atoms with Crippen LogP contribution in [0.5, 0.6) is 0 Å². The van der Waals surface area contributed by atoms with Gasteiger partial charge >= 0.3 is 5.69 Å². The van der Waals surface area contributed by atoms with Crippen LogP contribution in [0.3, 0.4) is 0 Å². The predicted molar refractivity (Wildman–Crippen MR) is 66.9 cm³/mol. The molecule has 8 nitrogen and oxygen atoms in total. The van der Waals surface area contributed by atoms with Gasteiger partial charge in [-0.2, -0.15) is 9.11 Å². The molecule has 2 N–H and O–H groups in total. The Bertz CT molecular complexity index is 646. The van der Waals surface area contributed by atoms with E-state index in [-0.39, 0.29) is 0 Å². The number of para-hydroxylation sites is 1. The van der Waals surface area contributed by atoms with Gasteiger partial charge in [0, 0.05) is 7.05 Å². The fourth-order valence-electron chi connectivity index (χ4n) is 1.46. The van der Waals surface area contributed by atoms with Crippen molar-refractivity contribution in [3.05, 3.63) is 34.1 Å². The summed E-state index contributed by atoms with van der Waals surface area (Å²) >= 11 is 0. The molecule has 1 aromatic rings. The van der Waals surface area contributed by atoms with Crippen molar-refractivity contribution in [3.8, 4) is 0 Å². The molecule has 0 heterocycles. The molecule has 0 radical (unpaired) electrons. The van der Waals surface area contributed by atoms with Gasteiger partial charge in [-0.1, -0.05) is 6.07 Å². The summed E-state index contributed by atoms with van der Waals surface area (Å²) in [7, 11) is -3.10.